The number of carbonyl (C=O) groups is 2. The Bertz CT molecular complexity index is 2260. The van der Waals surface area contributed by atoms with Crippen LogP contribution >= 0.6 is 11.8 Å². The smallest absolute Gasteiger partial charge is 0.244 e. The number of amidine groups is 2. The van der Waals surface area contributed by atoms with E-state index in [0.29, 0.717) is 56.6 Å². The quantitative estimate of drug-likeness (QED) is 0.0933. The first-order valence-corrected chi connectivity index (χ1v) is 28.0. The van der Waals surface area contributed by atoms with Gasteiger partial charge in [0, 0.05) is 68.1 Å². The van der Waals surface area contributed by atoms with Crippen molar-refractivity contribution in [2.75, 3.05) is 40.5 Å². The molecule has 6 N–H and O–H groups in total. The Hall–Kier alpha value is -3.31. The van der Waals surface area contributed by atoms with Crippen molar-refractivity contribution >= 4 is 35.2 Å². The van der Waals surface area contributed by atoms with Gasteiger partial charge in [-0.25, -0.2) is 8.78 Å². The van der Waals surface area contributed by atoms with Gasteiger partial charge in [-0.1, -0.05) is 32.9 Å². The maximum absolute atomic E-state index is 17.2. The summed E-state index contributed by atoms with van der Waals surface area (Å²) in [4.78, 5) is 45.3. The highest BCUT2D eigenvalue weighted by molar-refractivity contribution is 8.04. The number of allylic oxidation sites excluding steroid dienone is 1. The molecule has 17 atom stereocenters. The molecule has 4 unspecified atom stereocenters. The third kappa shape index (κ3) is 10.7. The van der Waals surface area contributed by atoms with Crippen LogP contribution in [-0.2, 0) is 28.5 Å². The van der Waals surface area contributed by atoms with E-state index in [1.54, 1.807) is 0 Å². The molecule has 0 bridgehead atoms. The van der Waals surface area contributed by atoms with Crippen molar-refractivity contribution in [3.63, 3.8) is 0 Å². The Morgan fingerprint density at radius 2 is 1.74 bits per heavy atom. The van der Waals surface area contributed by atoms with Gasteiger partial charge in [-0.2, -0.15) is 0 Å². The van der Waals surface area contributed by atoms with E-state index in [1.165, 1.54) is 35.8 Å². The number of hydrogen-bond acceptors (Lipinski definition) is 16. The Kier molecular flexibility index (Phi) is 16.0. The molecule has 0 saturated carbocycles. The van der Waals surface area contributed by atoms with E-state index in [0.717, 1.165) is 50.8 Å². The minimum atomic E-state index is -1.38. The van der Waals surface area contributed by atoms with E-state index in [9.17, 15) is 19.8 Å². The van der Waals surface area contributed by atoms with Gasteiger partial charge in [0.1, 0.15) is 29.6 Å². The number of halogens is 2. The normalized spacial score (nSPS) is 37.7. The lowest BCUT2D eigenvalue weighted by Gasteiger charge is -2.51. The summed E-state index contributed by atoms with van der Waals surface area (Å²) in [6.07, 6.45) is 12.5. The minimum absolute atomic E-state index is 0.00411. The van der Waals surface area contributed by atoms with Crippen LogP contribution in [0.3, 0.4) is 0 Å². The molecule has 0 aromatic carbocycles. The van der Waals surface area contributed by atoms with Crippen molar-refractivity contribution < 1.29 is 47.5 Å². The van der Waals surface area contributed by atoms with E-state index in [-0.39, 0.29) is 90.3 Å². The Morgan fingerprint density at radius 3 is 2.48 bits per heavy atom. The fourth-order valence-corrected chi connectivity index (χ4v) is 15.1. The molecule has 0 radical (unpaired) electrons. The van der Waals surface area contributed by atoms with Crippen molar-refractivity contribution in [1.29, 1.82) is 0 Å². The zero-order valence-corrected chi connectivity index (χ0v) is 44.4. The Balaban J connectivity index is 0.816. The predicted molar refractivity (Wildman–Crippen MR) is 274 cm³/mol. The van der Waals surface area contributed by atoms with Crippen molar-refractivity contribution in [2.24, 2.45) is 39.6 Å². The van der Waals surface area contributed by atoms with E-state index in [4.69, 9.17) is 28.9 Å². The summed E-state index contributed by atoms with van der Waals surface area (Å²) in [6, 6.07) is -2.47. The van der Waals surface area contributed by atoms with Gasteiger partial charge in [-0.15, -0.1) is 11.8 Å². The number of thioether (sulfide) groups is 1. The number of methoxy groups -OCH3 is 2. The number of aliphatic imine (C=N–C) groups is 2. The molecule has 404 valence electrons. The number of carbonyl (C=O) groups excluding carboxylic acids is 2. The minimum Gasteiger partial charge on any atom is -0.376 e. The zero-order chi connectivity index (χ0) is 51.5. The summed E-state index contributed by atoms with van der Waals surface area (Å²) in [7, 11) is 2.75. The highest BCUT2D eigenvalue weighted by Crippen LogP contribution is 2.54. The van der Waals surface area contributed by atoms with Crippen LogP contribution in [0.4, 0.5) is 8.78 Å². The Labute approximate surface area is 433 Å². The highest BCUT2D eigenvalue weighted by Gasteiger charge is 2.58. The summed E-state index contributed by atoms with van der Waals surface area (Å²) in [6.45, 7) is 12.1. The number of aliphatic hydroxyl groups is 2. The van der Waals surface area contributed by atoms with Crippen LogP contribution in [0.15, 0.2) is 56.5 Å². The summed E-state index contributed by atoms with van der Waals surface area (Å²) in [5.74, 6) is -0.188. The third-order valence-corrected chi connectivity index (χ3v) is 19.1. The lowest BCUT2D eigenvalue weighted by atomic mass is 9.75. The maximum atomic E-state index is 17.2. The Morgan fingerprint density at radius 1 is 0.973 bits per heavy atom. The van der Waals surface area contributed by atoms with Crippen LogP contribution in [0.2, 0.25) is 0 Å². The van der Waals surface area contributed by atoms with Gasteiger partial charge < -0.3 is 49.6 Å². The first-order chi connectivity index (χ1) is 35.0. The molecule has 10 aliphatic rings. The first kappa shape index (κ1) is 53.1. The van der Waals surface area contributed by atoms with E-state index in [1.807, 2.05) is 50.4 Å². The number of nitrogens with one attached hydrogen (secondary N) is 4. The number of nitrogens with zero attached hydrogens (tertiary/aromatic N) is 5. The number of likely N-dealkylation sites (tertiary alicyclic amines) is 1. The molecule has 17 nitrogen and oxygen atoms in total. The van der Waals surface area contributed by atoms with Crippen LogP contribution in [0.5, 0.6) is 0 Å². The largest absolute Gasteiger partial charge is 0.376 e. The average Bonchev–Trinajstić information content (AvgIpc) is 4.24. The molecular formula is C53H79F2N9O8S. The number of fused-ring (bicyclic) bond motifs is 5. The number of amides is 2. The second-order valence-electron chi connectivity index (χ2n) is 23.0. The molecule has 2 aliphatic carbocycles. The fourth-order valence-electron chi connectivity index (χ4n) is 13.9. The first-order valence-electron chi connectivity index (χ1n) is 27.1. The van der Waals surface area contributed by atoms with Crippen molar-refractivity contribution in [3.05, 3.63) is 46.6 Å². The predicted octanol–water partition coefficient (Wildman–Crippen LogP) is 4.55. The summed E-state index contributed by atoms with van der Waals surface area (Å²) >= 11 is 1.92. The van der Waals surface area contributed by atoms with Crippen LogP contribution in [0, 0.1) is 29.6 Å². The van der Waals surface area contributed by atoms with Crippen LogP contribution in [-0.4, -0.2) is 173 Å². The van der Waals surface area contributed by atoms with Crippen LogP contribution in [0.25, 0.3) is 0 Å². The number of rotatable bonds is 16. The molecule has 20 heteroatoms. The molecular weight excluding hydrogens is 961 g/mol. The van der Waals surface area contributed by atoms with Gasteiger partial charge in [0.05, 0.1) is 67.0 Å². The molecule has 8 heterocycles. The van der Waals surface area contributed by atoms with E-state index >= 15 is 8.78 Å². The van der Waals surface area contributed by atoms with E-state index in [2.05, 4.69) is 45.2 Å². The topological polar surface area (TPSA) is 194 Å². The van der Waals surface area contributed by atoms with Crippen molar-refractivity contribution in [2.45, 2.75) is 190 Å². The second-order valence-corrected chi connectivity index (χ2v) is 24.4. The van der Waals surface area contributed by atoms with Gasteiger partial charge >= 0.3 is 0 Å². The summed E-state index contributed by atoms with van der Waals surface area (Å²) < 4.78 is 55.8. The molecule has 4 fully saturated rings. The summed E-state index contributed by atoms with van der Waals surface area (Å²) in [5.41, 5.74) is 0.772. The molecule has 10 rings (SSSR count). The average molecular weight is 1040 g/mol. The molecule has 4 saturated heterocycles. The lowest BCUT2D eigenvalue weighted by Crippen LogP contribution is -2.60. The third-order valence-electron chi connectivity index (χ3n) is 17.6. The van der Waals surface area contributed by atoms with Gasteiger partial charge in [0.15, 0.2) is 0 Å². The van der Waals surface area contributed by atoms with Crippen LogP contribution < -0.4 is 21.3 Å². The monoisotopic (exact) mass is 1040 g/mol. The van der Waals surface area contributed by atoms with Gasteiger partial charge in [-0.05, 0) is 107 Å². The van der Waals surface area contributed by atoms with Gasteiger partial charge in [0.25, 0.3) is 0 Å². The molecule has 0 aromatic rings. The van der Waals surface area contributed by atoms with Crippen molar-refractivity contribution in [1.82, 2.24) is 36.0 Å². The van der Waals surface area contributed by atoms with Gasteiger partial charge in [0.2, 0.25) is 24.6 Å². The summed E-state index contributed by atoms with van der Waals surface area (Å²) in [5, 5.41) is 34.4. The number of hydrogen-bond donors (Lipinski definition) is 6. The number of aliphatic hydroxyl groups excluding tert-OH is 2. The molecule has 2 amide bonds. The maximum Gasteiger partial charge on any atom is 0.244 e. The second kappa shape index (κ2) is 22.0. The molecule has 0 spiro atoms. The van der Waals surface area contributed by atoms with Crippen LogP contribution in [0.1, 0.15) is 105 Å². The SMILES string of the molecule is CC[C@H]1CC=C(C2OC3C[C@H]([C@@H]4CN=C([C@@H]5CCCN5C(=O)[C@@H](N[C@@H](O)OC)C(C)C)N4)C=C(F)[C@@H]3[C@@H]3C[C@@H]4CC([C@H]5CN=C([C@@H]6CC(F)=CN6C(=O)C(N[C@H](O)OC)C6CCOC(C)(C)C6)N5)=CC[C@@H]4N23)S1. The number of ether oxygens (including phenoxy) is 4. The highest BCUT2D eigenvalue weighted by atomic mass is 32.2. The van der Waals surface area contributed by atoms with Gasteiger partial charge in [-0.3, -0.25) is 35.1 Å². The molecule has 73 heavy (non-hydrogen) atoms. The molecule has 8 aliphatic heterocycles. The lowest BCUT2D eigenvalue weighted by molar-refractivity contribution is -0.176. The standard InChI is InChI=1S/C53H79F2N9O8S/c1-8-33-12-14-42(73-33)50-64-37-13-11-28(35-24-57-47(58-35)40-22-32(54)26-63(40)49(66)45(61-52(68)70-7)29-15-17-71-53(4,5)23-29)18-31(37)20-39(64)43-34(55)19-30(21-41(43)72-50)36-25-56-46(59-36)38-10-9-16-62(38)48(65)44(27(2)3)60-51(67)69-6/h11,14,19,26-27,29-31,33,35-41,43-45,50-52,60-61,67-68H,8-10,12-13,15-18,20-25H2,1-7H3,(H,56,59)(H,57,58)/t29?,30-,31+,33+,35-,36+,37+,38+,39+,40+,41?,43-,44+,45?,50?,51+,52-/m1/s1. The van der Waals surface area contributed by atoms with E-state index < -0.39 is 48.3 Å². The fraction of sp³-hybridized carbons (Fsp3) is 0.774. The van der Waals surface area contributed by atoms with Crippen molar-refractivity contribution in [3.8, 4) is 0 Å². The zero-order valence-electron chi connectivity index (χ0n) is 43.6. The molecule has 0 aromatic heterocycles.